The van der Waals surface area contributed by atoms with Gasteiger partial charge in [-0.3, -0.25) is 4.68 Å². The van der Waals surface area contributed by atoms with Crippen LogP contribution < -0.4 is 10.1 Å². The van der Waals surface area contributed by atoms with Crippen LogP contribution in [-0.2, 0) is 23.9 Å². The molecule has 4 rings (SSSR count). The van der Waals surface area contributed by atoms with Gasteiger partial charge < -0.3 is 15.2 Å². The summed E-state index contributed by atoms with van der Waals surface area (Å²) in [6.07, 6.45) is -3.92. The molecule has 3 aromatic carbocycles. The molecule has 40 heavy (non-hydrogen) atoms. The Morgan fingerprint density at radius 1 is 1.05 bits per heavy atom. The van der Waals surface area contributed by atoms with Crippen LogP contribution in [0.15, 0.2) is 78.9 Å². The van der Waals surface area contributed by atoms with Crippen LogP contribution in [0.25, 0.3) is 11.3 Å². The minimum atomic E-state index is -4.42. The predicted octanol–water partition coefficient (Wildman–Crippen LogP) is 7.02. The van der Waals surface area contributed by atoms with Crippen molar-refractivity contribution >= 4 is 17.6 Å². The number of ether oxygens (including phenoxy) is 1. The third-order valence-corrected chi connectivity index (χ3v) is 6.84. The summed E-state index contributed by atoms with van der Waals surface area (Å²) in [4.78, 5) is 11.5. The van der Waals surface area contributed by atoms with Gasteiger partial charge in [0.05, 0.1) is 22.8 Å². The Kier molecular flexibility index (Phi) is 8.56. The van der Waals surface area contributed by atoms with Gasteiger partial charge >= 0.3 is 12.1 Å². The topological polar surface area (TPSA) is 76.4 Å². The number of likely N-dealkylation sites (N-methyl/N-ethyl adjacent to an activating group) is 1. The number of rotatable bonds is 10. The SMILES string of the molecule is CNC(Cc1cc(-c2ccc(C(F)(F)F)cc2)nn1Cc1ccccc1)c1ccc(OC(C)(C)C(=O)O)c(Cl)c1. The van der Waals surface area contributed by atoms with Crippen molar-refractivity contribution in [1.29, 1.82) is 0 Å². The lowest BCUT2D eigenvalue weighted by molar-refractivity contribution is -0.152. The zero-order chi connectivity index (χ0) is 29.1. The number of nitrogens with one attached hydrogen (secondary N) is 1. The third kappa shape index (κ3) is 6.84. The van der Waals surface area contributed by atoms with Gasteiger partial charge in [-0.2, -0.15) is 18.3 Å². The van der Waals surface area contributed by atoms with E-state index in [-0.39, 0.29) is 16.8 Å². The Hall–Kier alpha value is -3.82. The molecule has 0 aliphatic rings. The van der Waals surface area contributed by atoms with E-state index in [0.717, 1.165) is 29.0 Å². The van der Waals surface area contributed by atoms with E-state index in [1.54, 1.807) is 12.1 Å². The summed E-state index contributed by atoms with van der Waals surface area (Å²) in [6.45, 7) is 3.36. The first-order valence-corrected chi connectivity index (χ1v) is 12.9. The number of hydrogen-bond acceptors (Lipinski definition) is 4. The van der Waals surface area contributed by atoms with E-state index < -0.39 is 23.3 Å². The molecular weight excluding hydrogens is 543 g/mol. The van der Waals surface area contributed by atoms with Crippen LogP contribution >= 0.6 is 11.6 Å². The standard InChI is InChI=1S/C30H29ClF3N3O3/c1-29(2,28(38)39)40-27-14-11-21(15-24(27)31)25(35-3)16-23-17-26(20-9-12-22(13-10-20)30(32,33)34)36-37(23)18-19-7-5-4-6-8-19/h4-15,17,25,35H,16,18H2,1-3H3,(H,38,39). The molecule has 1 heterocycles. The zero-order valence-electron chi connectivity index (χ0n) is 22.2. The van der Waals surface area contributed by atoms with Crippen molar-refractivity contribution in [3.05, 3.63) is 106 Å². The van der Waals surface area contributed by atoms with Gasteiger partial charge in [-0.05, 0) is 62.4 Å². The number of aliphatic carboxylic acids is 1. The van der Waals surface area contributed by atoms with Gasteiger partial charge in [0, 0.05) is 23.7 Å². The number of aromatic nitrogens is 2. The number of nitrogens with zero attached hydrogens (tertiary/aromatic N) is 2. The summed E-state index contributed by atoms with van der Waals surface area (Å²) >= 11 is 6.47. The molecule has 0 aliphatic heterocycles. The fourth-order valence-corrected chi connectivity index (χ4v) is 4.44. The molecule has 0 saturated heterocycles. The van der Waals surface area contributed by atoms with Gasteiger partial charge in [0.25, 0.3) is 0 Å². The predicted molar refractivity (Wildman–Crippen MR) is 148 cm³/mol. The van der Waals surface area contributed by atoms with Crippen LogP contribution in [0.1, 0.15) is 42.3 Å². The van der Waals surface area contributed by atoms with Gasteiger partial charge in [-0.1, -0.05) is 60.1 Å². The summed E-state index contributed by atoms with van der Waals surface area (Å²) < 4.78 is 46.7. The first kappa shape index (κ1) is 29.2. The number of carboxylic acid groups (broad SMARTS) is 1. The number of hydrogen-bond donors (Lipinski definition) is 2. The molecule has 4 aromatic rings. The molecule has 0 spiro atoms. The van der Waals surface area contributed by atoms with Crippen molar-refractivity contribution in [1.82, 2.24) is 15.1 Å². The van der Waals surface area contributed by atoms with Gasteiger partial charge in [0.1, 0.15) is 5.75 Å². The lowest BCUT2D eigenvalue weighted by Gasteiger charge is -2.23. The largest absolute Gasteiger partial charge is 0.478 e. The minimum Gasteiger partial charge on any atom is -0.478 e. The normalized spacial score (nSPS) is 12.8. The molecule has 6 nitrogen and oxygen atoms in total. The summed E-state index contributed by atoms with van der Waals surface area (Å²) in [5.41, 5.74) is 1.70. The van der Waals surface area contributed by atoms with E-state index >= 15 is 0 Å². The molecule has 0 aliphatic carbocycles. The molecule has 0 bridgehead atoms. The molecule has 0 amide bonds. The monoisotopic (exact) mass is 571 g/mol. The van der Waals surface area contributed by atoms with Gasteiger partial charge in [0.2, 0.25) is 0 Å². The second-order valence-electron chi connectivity index (χ2n) is 9.89. The molecule has 1 aromatic heterocycles. The van der Waals surface area contributed by atoms with Crippen LogP contribution in [0.4, 0.5) is 13.2 Å². The number of alkyl halides is 3. The highest BCUT2D eigenvalue weighted by Gasteiger charge is 2.31. The Balaban J connectivity index is 1.65. The van der Waals surface area contributed by atoms with Crippen molar-refractivity contribution in [3.63, 3.8) is 0 Å². The highest BCUT2D eigenvalue weighted by atomic mass is 35.5. The summed E-state index contributed by atoms with van der Waals surface area (Å²) in [7, 11) is 1.81. The number of carbonyl (C=O) groups is 1. The van der Waals surface area contributed by atoms with E-state index in [1.807, 2.05) is 54.2 Å². The van der Waals surface area contributed by atoms with E-state index in [9.17, 15) is 23.1 Å². The van der Waals surface area contributed by atoms with Crippen LogP contribution in [0.5, 0.6) is 5.75 Å². The van der Waals surface area contributed by atoms with E-state index in [4.69, 9.17) is 21.4 Å². The molecular formula is C30H29ClF3N3O3. The van der Waals surface area contributed by atoms with E-state index in [0.29, 0.717) is 24.2 Å². The van der Waals surface area contributed by atoms with Gasteiger partial charge in [0.15, 0.2) is 5.60 Å². The molecule has 10 heteroatoms. The second kappa shape index (κ2) is 11.7. The summed E-state index contributed by atoms with van der Waals surface area (Å²) in [6, 6.07) is 21.6. The Bertz CT molecular complexity index is 1470. The maximum atomic E-state index is 13.1. The molecule has 1 unspecified atom stereocenters. The molecule has 0 radical (unpaired) electrons. The highest BCUT2D eigenvalue weighted by molar-refractivity contribution is 6.32. The fraction of sp³-hybridized carbons (Fsp3) is 0.267. The molecule has 210 valence electrons. The lowest BCUT2D eigenvalue weighted by atomic mass is 10.0. The van der Waals surface area contributed by atoms with Gasteiger partial charge in [-0.25, -0.2) is 4.79 Å². The van der Waals surface area contributed by atoms with Crippen LogP contribution in [0.3, 0.4) is 0 Å². The Morgan fingerprint density at radius 3 is 2.30 bits per heavy atom. The third-order valence-electron chi connectivity index (χ3n) is 6.55. The van der Waals surface area contributed by atoms with Crippen molar-refractivity contribution in [3.8, 4) is 17.0 Å². The Labute approximate surface area is 235 Å². The van der Waals surface area contributed by atoms with Gasteiger partial charge in [-0.15, -0.1) is 0 Å². The fourth-order valence-electron chi connectivity index (χ4n) is 4.21. The van der Waals surface area contributed by atoms with Crippen molar-refractivity contribution in [2.45, 2.75) is 44.6 Å². The van der Waals surface area contributed by atoms with Crippen LogP contribution in [-0.4, -0.2) is 33.5 Å². The number of carboxylic acids is 1. The molecule has 1 atom stereocenters. The van der Waals surface area contributed by atoms with Crippen molar-refractivity contribution in [2.24, 2.45) is 0 Å². The Morgan fingerprint density at radius 2 is 1.73 bits per heavy atom. The summed E-state index contributed by atoms with van der Waals surface area (Å²) in [5, 5.41) is 17.7. The summed E-state index contributed by atoms with van der Waals surface area (Å²) in [5.74, 6) is -0.859. The van der Waals surface area contributed by atoms with E-state index in [2.05, 4.69) is 5.32 Å². The van der Waals surface area contributed by atoms with Crippen LogP contribution in [0, 0.1) is 0 Å². The van der Waals surface area contributed by atoms with E-state index in [1.165, 1.54) is 26.0 Å². The maximum Gasteiger partial charge on any atom is 0.416 e. The maximum absolute atomic E-state index is 13.1. The highest BCUT2D eigenvalue weighted by Crippen LogP contribution is 2.33. The quantitative estimate of drug-likeness (QED) is 0.214. The molecule has 0 fully saturated rings. The smallest absolute Gasteiger partial charge is 0.416 e. The van der Waals surface area contributed by atoms with Crippen LogP contribution in [0.2, 0.25) is 5.02 Å². The second-order valence-corrected chi connectivity index (χ2v) is 10.3. The minimum absolute atomic E-state index is 0.203. The number of benzene rings is 3. The zero-order valence-corrected chi connectivity index (χ0v) is 22.9. The van der Waals surface area contributed by atoms with Crippen molar-refractivity contribution in [2.75, 3.05) is 7.05 Å². The number of halogens is 4. The first-order valence-electron chi connectivity index (χ1n) is 12.5. The molecule has 2 N–H and O–H groups in total. The first-order chi connectivity index (χ1) is 18.9. The average molecular weight is 572 g/mol. The molecule has 0 saturated carbocycles. The average Bonchev–Trinajstić information content (AvgIpc) is 3.30. The lowest BCUT2D eigenvalue weighted by Crippen LogP contribution is -2.38. The van der Waals surface area contributed by atoms with Crippen molar-refractivity contribution < 1.29 is 27.8 Å².